The first-order valence-electron chi connectivity index (χ1n) is 10.4. The molecule has 4 aromatic rings. The minimum atomic E-state index is -0.489. The van der Waals surface area contributed by atoms with Crippen LogP contribution in [0.25, 0.3) is 22.4 Å². The van der Waals surface area contributed by atoms with E-state index in [4.69, 9.17) is 21.3 Å². The molecular formula is C23H20ClFN6O2. The van der Waals surface area contributed by atoms with Gasteiger partial charge in [-0.15, -0.1) is 0 Å². The minimum Gasteiger partial charge on any atom is -0.378 e. The number of anilines is 2. The van der Waals surface area contributed by atoms with E-state index in [2.05, 4.69) is 15.4 Å². The van der Waals surface area contributed by atoms with Gasteiger partial charge in [-0.05, 0) is 42.5 Å². The van der Waals surface area contributed by atoms with Gasteiger partial charge in [0.25, 0.3) is 5.91 Å². The summed E-state index contributed by atoms with van der Waals surface area (Å²) >= 11 is 6.08. The molecule has 0 unspecified atom stereocenters. The topological polar surface area (TPSA) is 85.2 Å². The maximum atomic E-state index is 13.8. The normalized spacial score (nSPS) is 14.8. The van der Waals surface area contributed by atoms with Crippen LogP contribution in [-0.4, -0.2) is 52.0 Å². The zero-order valence-electron chi connectivity index (χ0n) is 17.8. The van der Waals surface area contributed by atoms with E-state index in [0.29, 0.717) is 60.1 Å². The Bertz CT molecular complexity index is 1360. The van der Waals surface area contributed by atoms with Gasteiger partial charge in [0.2, 0.25) is 0 Å². The Hall–Kier alpha value is -3.56. The van der Waals surface area contributed by atoms with Crippen molar-refractivity contribution in [3.63, 3.8) is 0 Å². The first kappa shape index (κ1) is 21.3. The molecule has 0 saturated carbocycles. The third-order valence-corrected chi connectivity index (χ3v) is 5.72. The van der Waals surface area contributed by atoms with Crippen molar-refractivity contribution in [1.82, 2.24) is 25.1 Å². The number of hydrogen-bond acceptors (Lipinski definition) is 6. The van der Waals surface area contributed by atoms with Crippen LogP contribution < -0.4 is 10.2 Å². The number of hydrogen-bond donors (Lipinski definition) is 1. The zero-order valence-corrected chi connectivity index (χ0v) is 18.5. The monoisotopic (exact) mass is 466 g/mol. The van der Waals surface area contributed by atoms with Crippen LogP contribution in [0.15, 0.2) is 48.7 Å². The maximum Gasteiger partial charge on any atom is 0.269 e. The molecule has 0 saturated heterocycles. The van der Waals surface area contributed by atoms with E-state index in [1.54, 1.807) is 31.4 Å². The van der Waals surface area contributed by atoms with Crippen LogP contribution in [0.4, 0.5) is 15.8 Å². The van der Waals surface area contributed by atoms with E-state index in [0.717, 1.165) is 5.69 Å². The van der Waals surface area contributed by atoms with Crippen molar-refractivity contribution < 1.29 is 13.9 Å². The fraction of sp³-hybridized carbons (Fsp3) is 0.217. The van der Waals surface area contributed by atoms with E-state index in [1.807, 2.05) is 23.1 Å². The van der Waals surface area contributed by atoms with Crippen LogP contribution in [0.3, 0.4) is 0 Å². The standard InChI is InChI=1S/C23H20ClFN6O2/c1-30-21-13-19(29-30)17-4-5-18-22(28-17)20(6-7-26-18)31(9-11-33-10-8-27-23(21)32)14-2-3-16(25)15(24)12-14/h2-7,12-13H,8-11H2,1H3,(H,27,32). The lowest BCUT2D eigenvalue weighted by Crippen LogP contribution is -2.30. The molecule has 10 heteroatoms. The minimum absolute atomic E-state index is 0.0278. The van der Waals surface area contributed by atoms with Gasteiger partial charge in [-0.2, -0.15) is 5.10 Å². The second-order valence-electron chi connectivity index (χ2n) is 7.55. The van der Waals surface area contributed by atoms with Crippen molar-refractivity contribution in [2.45, 2.75) is 0 Å². The lowest BCUT2D eigenvalue weighted by Gasteiger charge is -2.26. The Balaban J connectivity index is 1.69. The first-order valence-corrected chi connectivity index (χ1v) is 10.8. The number of nitrogens with zero attached hydrogens (tertiary/aromatic N) is 5. The predicted octanol–water partition coefficient (Wildman–Crippen LogP) is 3.72. The number of benzene rings is 1. The summed E-state index contributed by atoms with van der Waals surface area (Å²) in [5, 5.41) is 7.34. The number of carbonyl (C=O) groups is 1. The van der Waals surface area contributed by atoms with Crippen molar-refractivity contribution >= 4 is 39.9 Å². The highest BCUT2D eigenvalue weighted by Gasteiger charge is 2.19. The highest BCUT2D eigenvalue weighted by atomic mass is 35.5. The number of nitrogens with one attached hydrogen (secondary N) is 1. The van der Waals surface area contributed by atoms with Crippen molar-refractivity contribution in [3.05, 3.63) is 65.2 Å². The van der Waals surface area contributed by atoms with Gasteiger partial charge in [0.1, 0.15) is 22.7 Å². The number of carbonyl (C=O) groups excluding carboxylic acids is 1. The Morgan fingerprint density at radius 3 is 2.85 bits per heavy atom. The van der Waals surface area contributed by atoms with E-state index in [9.17, 15) is 9.18 Å². The van der Waals surface area contributed by atoms with E-state index >= 15 is 0 Å². The molecule has 1 aromatic carbocycles. The second-order valence-corrected chi connectivity index (χ2v) is 7.96. The van der Waals surface area contributed by atoms with Crippen LogP contribution in [0, 0.1) is 5.82 Å². The van der Waals surface area contributed by atoms with E-state index < -0.39 is 5.82 Å². The van der Waals surface area contributed by atoms with E-state index in [-0.39, 0.29) is 10.9 Å². The molecule has 1 amide bonds. The number of aryl methyl sites for hydroxylation is 1. The van der Waals surface area contributed by atoms with Gasteiger partial charge in [0.05, 0.1) is 35.1 Å². The zero-order chi connectivity index (χ0) is 22.9. The van der Waals surface area contributed by atoms with Gasteiger partial charge in [-0.25, -0.2) is 9.37 Å². The Morgan fingerprint density at radius 1 is 1.12 bits per heavy atom. The smallest absolute Gasteiger partial charge is 0.269 e. The predicted molar refractivity (Wildman–Crippen MR) is 123 cm³/mol. The third-order valence-electron chi connectivity index (χ3n) is 5.43. The summed E-state index contributed by atoms with van der Waals surface area (Å²) in [6.07, 6.45) is 1.70. The molecule has 0 radical (unpaired) electrons. The molecule has 0 fully saturated rings. The summed E-state index contributed by atoms with van der Waals surface area (Å²) in [6, 6.07) is 11.8. The SMILES string of the molecule is Cn1nc2cc1C(=O)NCCOCCN(c1ccc(F)c(Cl)c1)c1ccnc3ccc-2nc13. The largest absolute Gasteiger partial charge is 0.378 e. The Labute approximate surface area is 194 Å². The summed E-state index contributed by atoms with van der Waals surface area (Å²) in [6.45, 7) is 1.51. The lowest BCUT2D eigenvalue weighted by molar-refractivity contribution is 0.0910. The molecule has 1 N–H and O–H groups in total. The molecule has 1 aliphatic rings. The molecule has 0 atom stereocenters. The van der Waals surface area contributed by atoms with Gasteiger partial charge in [-0.3, -0.25) is 14.5 Å². The average molecular weight is 467 g/mol. The number of rotatable bonds is 1. The number of ether oxygens (including phenoxy) is 1. The molecule has 5 rings (SSSR count). The first-order chi connectivity index (χ1) is 16.0. The molecule has 8 nitrogen and oxygen atoms in total. The Morgan fingerprint density at radius 2 is 2.00 bits per heavy atom. The quantitative estimate of drug-likeness (QED) is 0.460. The molecule has 0 spiro atoms. The molecular weight excluding hydrogens is 447 g/mol. The summed E-state index contributed by atoms with van der Waals surface area (Å²) in [7, 11) is 1.71. The maximum absolute atomic E-state index is 13.8. The van der Waals surface area contributed by atoms with Crippen molar-refractivity contribution in [2.24, 2.45) is 7.05 Å². The van der Waals surface area contributed by atoms with E-state index in [1.165, 1.54) is 10.7 Å². The molecule has 3 aromatic heterocycles. The van der Waals surface area contributed by atoms with Gasteiger partial charge < -0.3 is 15.0 Å². The fourth-order valence-corrected chi connectivity index (χ4v) is 3.98. The molecule has 4 bridgehead atoms. The number of aromatic nitrogens is 4. The number of amides is 1. The van der Waals surface area contributed by atoms with Gasteiger partial charge >= 0.3 is 0 Å². The van der Waals surface area contributed by atoms with Crippen LogP contribution in [-0.2, 0) is 11.8 Å². The van der Waals surface area contributed by atoms with Gasteiger partial charge in [-0.1, -0.05) is 11.6 Å². The molecule has 1 aliphatic heterocycles. The van der Waals surface area contributed by atoms with Crippen molar-refractivity contribution in [2.75, 3.05) is 31.2 Å². The van der Waals surface area contributed by atoms with Gasteiger partial charge in [0, 0.05) is 32.0 Å². The van der Waals surface area contributed by atoms with Crippen LogP contribution in [0.1, 0.15) is 10.5 Å². The fourth-order valence-electron chi connectivity index (χ4n) is 3.80. The molecule has 4 heterocycles. The van der Waals surface area contributed by atoms with Gasteiger partial charge in [0.15, 0.2) is 0 Å². The summed E-state index contributed by atoms with van der Waals surface area (Å²) in [5.74, 6) is -0.725. The van der Waals surface area contributed by atoms with Crippen molar-refractivity contribution in [3.8, 4) is 11.4 Å². The molecule has 0 aliphatic carbocycles. The summed E-state index contributed by atoms with van der Waals surface area (Å²) < 4.78 is 21.1. The number of halogens is 2. The van der Waals surface area contributed by atoms with Crippen LogP contribution in [0.2, 0.25) is 5.02 Å². The second kappa shape index (κ2) is 8.76. The lowest BCUT2D eigenvalue weighted by atomic mass is 10.2. The highest BCUT2D eigenvalue weighted by Crippen LogP contribution is 2.33. The average Bonchev–Trinajstić information content (AvgIpc) is 3.21. The van der Waals surface area contributed by atoms with Crippen LogP contribution in [0.5, 0.6) is 0 Å². The Kier molecular flexibility index (Phi) is 5.65. The number of fused-ring (bicyclic) bond motifs is 4. The molecule has 33 heavy (non-hydrogen) atoms. The summed E-state index contributed by atoms with van der Waals surface area (Å²) in [4.78, 5) is 23.8. The van der Waals surface area contributed by atoms with Crippen LogP contribution >= 0.6 is 11.6 Å². The highest BCUT2D eigenvalue weighted by molar-refractivity contribution is 6.31. The van der Waals surface area contributed by atoms with Crippen molar-refractivity contribution in [1.29, 1.82) is 0 Å². The molecule has 168 valence electrons. The summed E-state index contributed by atoms with van der Waals surface area (Å²) in [5.41, 5.74) is 4.40. The number of pyridine rings is 2. The third kappa shape index (κ3) is 4.12.